The predicted octanol–water partition coefficient (Wildman–Crippen LogP) is 3.22. The summed E-state index contributed by atoms with van der Waals surface area (Å²) in [4.78, 5) is 6.92. The number of pyridine rings is 1. The SMILES string of the molecule is CC(Br)C1CCN(c2ccc(F)cn2)CC1. The van der Waals surface area contributed by atoms with E-state index in [0.29, 0.717) is 4.83 Å². The number of nitrogens with zero attached hydrogens (tertiary/aromatic N) is 2. The summed E-state index contributed by atoms with van der Waals surface area (Å²) >= 11 is 3.64. The van der Waals surface area contributed by atoms with Gasteiger partial charge in [-0.1, -0.05) is 22.9 Å². The monoisotopic (exact) mass is 286 g/mol. The maximum Gasteiger partial charge on any atom is 0.141 e. The summed E-state index contributed by atoms with van der Waals surface area (Å²) in [5.41, 5.74) is 0. The van der Waals surface area contributed by atoms with E-state index < -0.39 is 0 Å². The Morgan fingerprint density at radius 1 is 1.44 bits per heavy atom. The first-order chi connectivity index (χ1) is 7.66. The van der Waals surface area contributed by atoms with Gasteiger partial charge >= 0.3 is 0 Å². The van der Waals surface area contributed by atoms with Crippen LogP contribution in [0.3, 0.4) is 0 Å². The number of hydrogen-bond acceptors (Lipinski definition) is 2. The maximum atomic E-state index is 12.7. The molecule has 0 amide bonds. The van der Waals surface area contributed by atoms with E-state index in [0.717, 1.165) is 24.8 Å². The van der Waals surface area contributed by atoms with Crippen LogP contribution >= 0.6 is 15.9 Å². The van der Waals surface area contributed by atoms with Crippen molar-refractivity contribution in [3.05, 3.63) is 24.1 Å². The van der Waals surface area contributed by atoms with E-state index in [1.165, 1.54) is 25.1 Å². The molecule has 0 radical (unpaired) electrons. The number of alkyl halides is 1. The average molecular weight is 287 g/mol. The van der Waals surface area contributed by atoms with Crippen LogP contribution in [0.4, 0.5) is 10.2 Å². The van der Waals surface area contributed by atoms with Gasteiger partial charge in [0.2, 0.25) is 0 Å². The lowest BCUT2D eigenvalue weighted by Gasteiger charge is -2.33. The van der Waals surface area contributed by atoms with Crippen LogP contribution in [0.15, 0.2) is 18.3 Å². The largest absolute Gasteiger partial charge is 0.357 e. The number of piperidine rings is 1. The van der Waals surface area contributed by atoms with Crippen LogP contribution in [0, 0.1) is 11.7 Å². The molecule has 1 atom stereocenters. The molecule has 0 spiro atoms. The molecule has 2 heterocycles. The van der Waals surface area contributed by atoms with Crippen LogP contribution in [-0.4, -0.2) is 22.9 Å². The number of hydrogen-bond donors (Lipinski definition) is 0. The van der Waals surface area contributed by atoms with Crippen molar-refractivity contribution in [2.24, 2.45) is 5.92 Å². The van der Waals surface area contributed by atoms with Gasteiger partial charge in [0.05, 0.1) is 6.20 Å². The van der Waals surface area contributed by atoms with Crippen molar-refractivity contribution in [3.8, 4) is 0 Å². The molecular weight excluding hydrogens is 271 g/mol. The molecule has 2 nitrogen and oxygen atoms in total. The zero-order chi connectivity index (χ0) is 11.5. The number of rotatable bonds is 2. The fourth-order valence-electron chi connectivity index (χ4n) is 2.14. The number of anilines is 1. The van der Waals surface area contributed by atoms with Crippen molar-refractivity contribution in [1.82, 2.24) is 4.98 Å². The Balaban J connectivity index is 1.96. The third kappa shape index (κ3) is 2.73. The molecule has 1 saturated heterocycles. The van der Waals surface area contributed by atoms with Gasteiger partial charge in [-0.2, -0.15) is 0 Å². The van der Waals surface area contributed by atoms with Crippen LogP contribution in [0.5, 0.6) is 0 Å². The highest BCUT2D eigenvalue weighted by molar-refractivity contribution is 9.09. The van der Waals surface area contributed by atoms with Crippen molar-refractivity contribution in [2.75, 3.05) is 18.0 Å². The normalized spacial score (nSPS) is 19.8. The Labute approximate surface area is 104 Å². The Kier molecular flexibility index (Phi) is 3.79. The smallest absolute Gasteiger partial charge is 0.141 e. The van der Waals surface area contributed by atoms with Gasteiger partial charge in [0.1, 0.15) is 11.6 Å². The molecule has 0 saturated carbocycles. The molecule has 16 heavy (non-hydrogen) atoms. The molecule has 88 valence electrons. The Morgan fingerprint density at radius 3 is 2.62 bits per heavy atom. The van der Waals surface area contributed by atoms with E-state index in [9.17, 15) is 4.39 Å². The summed E-state index contributed by atoms with van der Waals surface area (Å²) in [6, 6.07) is 3.23. The quantitative estimate of drug-likeness (QED) is 0.776. The van der Waals surface area contributed by atoms with Gasteiger partial charge in [0.25, 0.3) is 0 Å². The van der Waals surface area contributed by atoms with Gasteiger partial charge in [-0.3, -0.25) is 0 Å². The Hall–Kier alpha value is -0.640. The fourth-order valence-corrected chi connectivity index (χ4v) is 2.67. The molecule has 0 aliphatic carbocycles. The predicted molar refractivity (Wildman–Crippen MR) is 67.5 cm³/mol. The molecule has 1 aliphatic heterocycles. The van der Waals surface area contributed by atoms with Crippen LogP contribution < -0.4 is 4.90 Å². The molecule has 0 bridgehead atoms. The van der Waals surface area contributed by atoms with E-state index in [-0.39, 0.29) is 5.82 Å². The fraction of sp³-hybridized carbons (Fsp3) is 0.583. The molecular formula is C12H16BrFN2. The van der Waals surface area contributed by atoms with Crippen molar-refractivity contribution in [2.45, 2.75) is 24.6 Å². The zero-order valence-corrected chi connectivity index (χ0v) is 11.0. The molecule has 1 fully saturated rings. The summed E-state index contributed by atoms with van der Waals surface area (Å²) in [6.07, 6.45) is 3.63. The van der Waals surface area contributed by atoms with Gasteiger partial charge in [0, 0.05) is 17.9 Å². The molecule has 1 unspecified atom stereocenters. The minimum absolute atomic E-state index is 0.271. The summed E-state index contributed by atoms with van der Waals surface area (Å²) < 4.78 is 12.7. The van der Waals surface area contributed by atoms with Gasteiger partial charge in [-0.05, 0) is 30.9 Å². The lowest BCUT2D eigenvalue weighted by atomic mass is 9.94. The molecule has 4 heteroatoms. The molecule has 1 aromatic heterocycles. The second-order valence-corrected chi connectivity index (χ2v) is 5.78. The summed E-state index contributed by atoms with van der Waals surface area (Å²) in [5.74, 6) is 1.37. The van der Waals surface area contributed by atoms with E-state index in [1.54, 1.807) is 6.07 Å². The Morgan fingerprint density at radius 2 is 2.12 bits per heavy atom. The second kappa shape index (κ2) is 5.13. The van der Waals surface area contributed by atoms with E-state index in [1.807, 2.05) is 0 Å². The minimum Gasteiger partial charge on any atom is -0.357 e. The molecule has 1 aromatic rings. The van der Waals surface area contributed by atoms with Crippen LogP contribution in [0.2, 0.25) is 0 Å². The summed E-state index contributed by atoms with van der Waals surface area (Å²) in [7, 11) is 0. The van der Waals surface area contributed by atoms with Gasteiger partial charge in [-0.25, -0.2) is 9.37 Å². The lowest BCUT2D eigenvalue weighted by molar-refractivity contribution is 0.405. The molecule has 1 aliphatic rings. The van der Waals surface area contributed by atoms with Crippen LogP contribution in [0.25, 0.3) is 0 Å². The molecule has 0 N–H and O–H groups in total. The van der Waals surface area contributed by atoms with Gasteiger partial charge in [0.15, 0.2) is 0 Å². The Bertz CT molecular complexity index is 331. The average Bonchev–Trinajstić information content (AvgIpc) is 2.30. The maximum absolute atomic E-state index is 12.7. The first-order valence-electron chi connectivity index (χ1n) is 5.67. The van der Waals surface area contributed by atoms with Crippen LogP contribution in [-0.2, 0) is 0 Å². The minimum atomic E-state index is -0.271. The lowest BCUT2D eigenvalue weighted by Crippen LogP contribution is -2.36. The third-order valence-corrected chi connectivity index (χ3v) is 3.97. The van der Waals surface area contributed by atoms with Crippen molar-refractivity contribution in [1.29, 1.82) is 0 Å². The molecule has 0 aromatic carbocycles. The van der Waals surface area contributed by atoms with Gasteiger partial charge < -0.3 is 4.90 Å². The van der Waals surface area contributed by atoms with E-state index in [4.69, 9.17) is 0 Å². The van der Waals surface area contributed by atoms with E-state index >= 15 is 0 Å². The molecule has 2 rings (SSSR count). The highest BCUT2D eigenvalue weighted by Crippen LogP contribution is 2.27. The highest BCUT2D eigenvalue weighted by atomic mass is 79.9. The summed E-state index contributed by atoms with van der Waals surface area (Å²) in [5, 5.41) is 0. The van der Waals surface area contributed by atoms with Crippen molar-refractivity contribution >= 4 is 21.7 Å². The third-order valence-electron chi connectivity index (χ3n) is 3.22. The highest BCUT2D eigenvalue weighted by Gasteiger charge is 2.22. The van der Waals surface area contributed by atoms with E-state index in [2.05, 4.69) is 32.7 Å². The first kappa shape index (κ1) is 11.8. The van der Waals surface area contributed by atoms with Gasteiger partial charge in [-0.15, -0.1) is 0 Å². The topological polar surface area (TPSA) is 16.1 Å². The first-order valence-corrected chi connectivity index (χ1v) is 6.59. The standard InChI is InChI=1S/C12H16BrFN2/c1-9(13)10-4-6-16(7-5-10)12-3-2-11(14)8-15-12/h2-3,8-10H,4-7H2,1H3. The second-order valence-electron chi connectivity index (χ2n) is 4.34. The summed E-state index contributed by atoms with van der Waals surface area (Å²) in [6.45, 7) is 4.23. The van der Waals surface area contributed by atoms with Crippen LogP contribution in [0.1, 0.15) is 19.8 Å². The number of aromatic nitrogens is 1. The number of halogens is 2. The van der Waals surface area contributed by atoms with Crippen molar-refractivity contribution in [3.63, 3.8) is 0 Å². The zero-order valence-electron chi connectivity index (χ0n) is 9.37. The van der Waals surface area contributed by atoms with Crippen molar-refractivity contribution < 1.29 is 4.39 Å².